The van der Waals surface area contributed by atoms with Crippen LogP contribution in [0.2, 0.25) is 5.02 Å². The normalized spacial score (nSPS) is 12.1. The van der Waals surface area contributed by atoms with Crippen LogP contribution in [0.25, 0.3) is 0 Å². The minimum atomic E-state index is -0.304. The van der Waals surface area contributed by atoms with Crippen LogP contribution in [0, 0.1) is 0 Å². The first-order valence-corrected chi connectivity index (χ1v) is 7.48. The second kappa shape index (κ2) is 8.03. The number of hydrogen-bond donors (Lipinski definition) is 2. The minimum Gasteiger partial charge on any atom is -0.488 e. The van der Waals surface area contributed by atoms with Crippen LogP contribution in [0.1, 0.15) is 18.1 Å². The number of para-hydroxylation sites is 1. The lowest BCUT2D eigenvalue weighted by molar-refractivity contribution is -0.676. The Labute approximate surface area is 130 Å². The summed E-state index contributed by atoms with van der Waals surface area (Å²) >= 11 is 6.13. The SMILES string of the molecule is C[C@H](O)C[NH2+]Cc1ccccc1OCc1ccccc1Cl. The Morgan fingerprint density at radius 2 is 1.76 bits per heavy atom. The summed E-state index contributed by atoms with van der Waals surface area (Å²) in [5, 5.41) is 12.1. The highest BCUT2D eigenvalue weighted by Gasteiger charge is 2.07. The van der Waals surface area contributed by atoms with Gasteiger partial charge in [0.15, 0.2) is 0 Å². The van der Waals surface area contributed by atoms with Gasteiger partial charge in [0, 0.05) is 16.1 Å². The van der Waals surface area contributed by atoms with E-state index in [1.807, 2.05) is 48.5 Å². The quantitative estimate of drug-likeness (QED) is 0.825. The molecule has 0 fully saturated rings. The minimum absolute atomic E-state index is 0.304. The van der Waals surface area contributed by atoms with Crippen molar-refractivity contribution in [2.24, 2.45) is 0 Å². The van der Waals surface area contributed by atoms with Crippen molar-refractivity contribution in [3.8, 4) is 5.75 Å². The fourth-order valence-electron chi connectivity index (χ4n) is 2.06. The lowest BCUT2D eigenvalue weighted by Crippen LogP contribution is -2.84. The maximum Gasteiger partial charge on any atom is 0.128 e. The third-order valence-corrected chi connectivity index (χ3v) is 3.55. The van der Waals surface area contributed by atoms with Crippen LogP contribution in [0.15, 0.2) is 48.5 Å². The molecule has 0 aliphatic rings. The Bertz CT molecular complexity index is 572. The molecular formula is C17H21ClNO2+. The second-order valence-corrected chi connectivity index (χ2v) is 5.47. The van der Waals surface area contributed by atoms with E-state index in [9.17, 15) is 5.11 Å². The number of nitrogens with two attached hydrogens (primary N) is 1. The highest BCUT2D eigenvalue weighted by Crippen LogP contribution is 2.21. The molecule has 0 heterocycles. The van der Waals surface area contributed by atoms with Crippen LogP contribution in [0.4, 0.5) is 0 Å². The molecule has 0 aliphatic carbocycles. The number of quaternary nitrogens is 1. The van der Waals surface area contributed by atoms with E-state index in [1.165, 1.54) is 0 Å². The van der Waals surface area contributed by atoms with Gasteiger partial charge in [0.25, 0.3) is 0 Å². The molecule has 0 bridgehead atoms. The molecule has 0 aromatic heterocycles. The summed E-state index contributed by atoms with van der Waals surface area (Å²) in [5.74, 6) is 0.860. The molecule has 0 saturated carbocycles. The van der Waals surface area contributed by atoms with Crippen molar-refractivity contribution in [2.75, 3.05) is 6.54 Å². The van der Waals surface area contributed by atoms with Crippen LogP contribution in [0.3, 0.4) is 0 Å². The number of rotatable bonds is 7. The van der Waals surface area contributed by atoms with E-state index in [1.54, 1.807) is 6.92 Å². The molecule has 21 heavy (non-hydrogen) atoms. The maximum absolute atomic E-state index is 9.31. The van der Waals surface area contributed by atoms with Gasteiger partial charge in [-0.1, -0.05) is 41.9 Å². The zero-order valence-electron chi connectivity index (χ0n) is 12.1. The number of aliphatic hydroxyl groups is 1. The van der Waals surface area contributed by atoms with Gasteiger partial charge < -0.3 is 15.2 Å². The largest absolute Gasteiger partial charge is 0.488 e. The smallest absolute Gasteiger partial charge is 0.128 e. The summed E-state index contributed by atoms with van der Waals surface area (Å²) in [6.45, 7) is 3.70. The molecule has 112 valence electrons. The predicted molar refractivity (Wildman–Crippen MR) is 84.4 cm³/mol. The highest BCUT2D eigenvalue weighted by atomic mass is 35.5. The molecule has 0 amide bonds. The summed E-state index contributed by atoms with van der Waals surface area (Å²) in [6.07, 6.45) is -0.304. The third kappa shape index (κ3) is 5.05. The van der Waals surface area contributed by atoms with E-state index in [0.717, 1.165) is 28.4 Å². The fourth-order valence-corrected chi connectivity index (χ4v) is 2.25. The van der Waals surface area contributed by atoms with Crippen LogP contribution in [-0.2, 0) is 13.2 Å². The van der Waals surface area contributed by atoms with Gasteiger partial charge in [-0.15, -0.1) is 0 Å². The topological polar surface area (TPSA) is 46.1 Å². The van der Waals surface area contributed by atoms with E-state index in [2.05, 4.69) is 5.32 Å². The van der Waals surface area contributed by atoms with Crippen molar-refractivity contribution in [2.45, 2.75) is 26.2 Å². The first kappa shape index (κ1) is 15.8. The highest BCUT2D eigenvalue weighted by molar-refractivity contribution is 6.31. The Balaban J connectivity index is 1.98. The molecular weight excluding hydrogens is 286 g/mol. The Hall–Kier alpha value is -1.55. The molecule has 3 nitrogen and oxygen atoms in total. The number of ether oxygens (including phenoxy) is 1. The number of hydrogen-bond acceptors (Lipinski definition) is 2. The molecule has 0 radical (unpaired) electrons. The van der Waals surface area contributed by atoms with E-state index in [4.69, 9.17) is 16.3 Å². The molecule has 0 aliphatic heterocycles. The van der Waals surface area contributed by atoms with Gasteiger partial charge >= 0.3 is 0 Å². The Morgan fingerprint density at radius 1 is 1.10 bits per heavy atom. The lowest BCUT2D eigenvalue weighted by Gasteiger charge is -2.12. The average Bonchev–Trinajstić information content (AvgIpc) is 2.47. The summed E-state index contributed by atoms with van der Waals surface area (Å²) in [5.41, 5.74) is 2.09. The fraction of sp³-hybridized carbons (Fsp3) is 0.294. The second-order valence-electron chi connectivity index (χ2n) is 5.07. The van der Waals surface area contributed by atoms with Gasteiger partial charge in [-0.3, -0.25) is 0 Å². The number of aliphatic hydroxyl groups excluding tert-OH is 1. The third-order valence-electron chi connectivity index (χ3n) is 3.19. The van der Waals surface area contributed by atoms with Gasteiger partial charge in [-0.2, -0.15) is 0 Å². The molecule has 4 heteroatoms. The van der Waals surface area contributed by atoms with Gasteiger partial charge in [-0.05, 0) is 25.1 Å². The van der Waals surface area contributed by atoms with Crippen molar-refractivity contribution >= 4 is 11.6 Å². The Kier molecular flexibility index (Phi) is 6.05. The van der Waals surface area contributed by atoms with Gasteiger partial charge in [0.1, 0.15) is 25.4 Å². The number of halogens is 1. The average molecular weight is 307 g/mol. The predicted octanol–water partition coefficient (Wildman–Crippen LogP) is 2.36. The maximum atomic E-state index is 9.31. The first-order valence-electron chi connectivity index (χ1n) is 7.10. The zero-order chi connectivity index (χ0) is 15.1. The van der Waals surface area contributed by atoms with E-state index >= 15 is 0 Å². The van der Waals surface area contributed by atoms with Gasteiger partial charge in [0.2, 0.25) is 0 Å². The van der Waals surface area contributed by atoms with Crippen molar-refractivity contribution in [1.29, 1.82) is 0 Å². The standard InChI is InChI=1S/C17H20ClNO2/c1-13(20)10-19-11-14-6-3-5-9-17(14)21-12-15-7-2-4-8-16(15)18/h2-9,13,19-20H,10-12H2,1H3/p+1/t13-/m0/s1. The molecule has 2 rings (SSSR count). The van der Waals surface area contributed by atoms with Gasteiger partial charge in [0.05, 0.1) is 6.10 Å². The van der Waals surface area contributed by atoms with Crippen LogP contribution in [-0.4, -0.2) is 17.8 Å². The molecule has 2 aromatic carbocycles. The van der Waals surface area contributed by atoms with Crippen LogP contribution >= 0.6 is 11.6 Å². The van der Waals surface area contributed by atoms with Crippen molar-refractivity contribution in [1.82, 2.24) is 0 Å². The van der Waals surface area contributed by atoms with Crippen molar-refractivity contribution in [3.63, 3.8) is 0 Å². The van der Waals surface area contributed by atoms with Crippen molar-refractivity contribution < 1.29 is 15.2 Å². The molecule has 2 aromatic rings. The van der Waals surface area contributed by atoms with Crippen LogP contribution < -0.4 is 10.1 Å². The van der Waals surface area contributed by atoms with E-state index in [-0.39, 0.29) is 6.10 Å². The molecule has 1 atom stereocenters. The Morgan fingerprint density at radius 3 is 2.48 bits per heavy atom. The van der Waals surface area contributed by atoms with Gasteiger partial charge in [-0.25, -0.2) is 0 Å². The summed E-state index contributed by atoms with van der Waals surface area (Å²) in [7, 11) is 0. The molecule has 0 saturated heterocycles. The molecule has 0 unspecified atom stereocenters. The van der Waals surface area contributed by atoms with E-state index in [0.29, 0.717) is 13.2 Å². The summed E-state index contributed by atoms with van der Waals surface area (Å²) < 4.78 is 5.89. The summed E-state index contributed by atoms with van der Waals surface area (Å²) in [6, 6.07) is 15.6. The lowest BCUT2D eigenvalue weighted by atomic mass is 10.2. The monoisotopic (exact) mass is 306 g/mol. The molecule has 3 N–H and O–H groups in total. The molecule has 0 spiro atoms. The first-order chi connectivity index (χ1) is 10.2. The summed E-state index contributed by atoms with van der Waals surface area (Å²) in [4.78, 5) is 0. The van der Waals surface area contributed by atoms with Crippen LogP contribution in [0.5, 0.6) is 5.75 Å². The zero-order valence-corrected chi connectivity index (χ0v) is 12.9. The van der Waals surface area contributed by atoms with Crippen molar-refractivity contribution in [3.05, 3.63) is 64.7 Å². The van der Waals surface area contributed by atoms with E-state index < -0.39 is 0 Å². The number of benzene rings is 2.